The second-order valence-corrected chi connectivity index (χ2v) is 5.46. The molecule has 22 heavy (non-hydrogen) atoms. The summed E-state index contributed by atoms with van der Waals surface area (Å²) in [7, 11) is 0. The van der Waals surface area contributed by atoms with Gasteiger partial charge in [0.2, 0.25) is 0 Å². The average Bonchev–Trinajstić information content (AvgIpc) is 2.57. The van der Waals surface area contributed by atoms with Gasteiger partial charge in [-0.1, -0.05) is 84.9 Å². The summed E-state index contributed by atoms with van der Waals surface area (Å²) < 4.78 is 5.81. The van der Waals surface area contributed by atoms with Gasteiger partial charge in [-0.15, -0.1) is 0 Å². The summed E-state index contributed by atoms with van der Waals surface area (Å²) in [4.78, 5) is 0. The Morgan fingerprint density at radius 3 is 1.77 bits per heavy atom. The molecule has 0 aromatic heterocycles. The maximum atomic E-state index is 5.81. The standard InChI is InChI=1S/C21H20O/c1-3-8-18(9-4-1)14-20-12-7-13-21(15-20)17-22-16-19-10-5-2-6-11-19/h1-13,15H,14,16-17H2. The van der Waals surface area contributed by atoms with Crippen molar-refractivity contribution in [1.82, 2.24) is 0 Å². The fraction of sp³-hybridized carbons (Fsp3) is 0.143. The van der Waals surface area contributed by atoms with Gasteiger partial charge in [0, 0.05) is 0 Å². The minimum atomic E-state index is 0.650. The van der Waals surface area contributed by atoms with Crippen molar-refractivity contribution in [2.45, 2.75) is 19.6 Å². The van der Waals surface area contributed by atoms with Gasteiger partial charge in [-0.2, -0.15) is 0 Å². The van der Waals surface area contributed by atoms with Crippen LogP contribution in [0.5, 0.6) is 0 Å². The lowest BCUT2D eigenvalue weighted by molar-refractivity contribution is 0.107. The van der Waals surface area contributed by atoms with Crippen LogP contribution in [0, 0.1) is 0 Å². The summed E-state index contributed by atoms with van der Waals surface area (Å²) in [6.07, 6.45) is 0.966. The van der Waals surface area contributed by atoms with Gasteiger partial charge in [0.1, 0.15) is 0 Å². The Bertz CT molecular complexity index is 689. The molecule has 0 aliphatic heterocycles. The van der Waals surface area contributed by atoms with Crippen LogP contribution in [0.3, 0.4) is 0 Å². The van der Waals surface area contributed by atoms with E-state index in [0.29, 0.717) is 13.2 Å². The lowest BCUT2D eigenvalue weighted by Gasteiger charge is -2.07. The Hall–Kier alpha value is -2.38. The van der Waals surface area contributed by atoms with Crippen LogP contribution < -0.4 is 0 Å². The molecule has 0 aliphatic carbocycles. The van der Waals surface area contributed by atoms with E-state index in [9.17, 15) is 0 Å². The van der Waals surface area contributed by atoms with Crippen LogP contribution in [0.15, 0.2) is 84.9 Å². The quantitative estimate of drug-likeness (QED) is 0.620. The first-order valence-corrected chi connectivity index (χ1v) is 7.63. The average molecular weight is 288 g/mol. The van der Waals surface area contributed by atoms with Crippen molar-refractivity contribution in [2.75, 3.05) is 0 Å². The maximum Gasteiger partial charge on any atom is 0.0721 e. The van der Waals surface area contributed by atoms with Crippen molar-refractivity contribution >= 4 is 0 Å². The molecule has 3 rings (SSSR count). The minimum absolute atomic E-state index is 0.650. The van der Waals surface area contributed by atoms with Gasteiger partial charge < -0.3 is 4.74 Å². The number of hydrogen-bond donors (Lipinski definition) is 0. The number of hydrogen-bond acceptors (Lipinski definition) is 1. The highest BCUT2D eigenvalue weighted by Gasteiger charge is 1.99. The summed E-state index contributed by atoms with van der Waals surface area (Å²) in [5.41, 5.74) is 5.10. The monoisotopic (exact) mass is 288 g/mol. The van der Waals surface area contributed by atoms with Crippen molar-refractivity contribution < 1.29 is 4.74 Å². The molecule has 0 spiro atoms. The van der Waals surface area contributed by atoms with Crippen LogP contribution in [0.1, 0.15) is 22.3 Å². The van der Waals surface area contributed by atoms with Gasteiger partial charge in [-0.3, -0.25) is 0 Å². The molecule has 1 nitrogen and oxygen atoms in total. The van der Waals surface area contributed by atoms with E-state index in [0.717, 1.165) is 6.42 Å². The van der Waals surface area contributed by atoms with Crippen molar-refractivity contribution in [2.24, 2.45) is 0 Å². The van der Waals surface area contributed by atoms with Crippen LogP contribution in [-0.2, 0) is 24.4 Å². The molecule has 110 valence electrons. The number of benzene rings is 3. The SMILES string of the molecule is c1ccc(COCc2cccc(Cc3ccccc3)c2)cc1. The van der Waals surface area contributed by atoms with E-state index in [2.05, 4.69) is 66.7 Å². The Morgan fingerprint density at radius 1 is 0.500 bits per heavy atom. The normalized spacial score (nSPS) is 10.5. The van der Waals surface area contributed by atoms with E-state index >= 15 is 0 Å². The van der Waals surface area contributed by atoms with Crippen molar-refractivity contribution in [3.63, 3.8) is 0 Å². The topological polar surface area (TPSA) is 9.23 Å². The minimum Gasteiger partial charge on any atom is -0.372 e. The third-order valence-corrected chi connectivity index (χ3v) is 3.62. The molecular weight excluding hydrogens is 268 g/mol. The predicted molar refractivity (Wildman–Crippen MR) is 90.6 cm³/mol. The van der Waals surface area contributed by atoms with Crippen molar-refractivity contribution in [1.29, 1.82) is 0 Å². The Morgan fingerprint density at radius 2 is 1.05 bits per heavy atom. The first-order valence-electron chi connectivity index (χ1n) is 7.63. The molecule has 0 fully saturated rings. The van der Waals surface area contributed by atoms with Crippen LogP contribution in [0.2, 0.25) is 0 Å². The smallest absolute Gasteiger partial charge is 0.0721 e. The zero-order chi connectivity index (χ0) is 15.0. The molecule has 0 bridgehead atoms. The third-order valence-electron chi connectivity index (χ3n) is 3.62. The van der Waals surface area contributed by atoms with E-state index in [-0.39, 0.29) is 0 Å². The van der Waals surface area contributed by atoms with Crippen molar-refractivity contribution in [3.05, 3.63) is 107 Å². The first kappa shape index (κ1) is 14.6. The molecule has 0 radical (unpaired) electrons. The molecule has 0 atom stereocenters. The molecule has 0 aliphatic rings. The van der Waals surface area contributed by atoms with Gasteiger partial charge in [-0.25, -0.2) is 0 Å². The van der Waals surface area contributed by atoms with Crippen molar-refractivity contribution in [3.8, 4) is 0 Å². The summed E-state index contributed by atoms with van der Waals surface area (Å²) in [5.74, 6) is 0. The molecule has 0 saturated heterocycles. The molecule has 0 saturated carbocycles. The second kappa shape index (κ2) is 7.58. The van der Waals surface area contributed by atoms with Crippen LogP contribution in [0.25, 0.3) is 0 Å². The molecule has 0 unspecified atom stereocenters. The Balaban J connectivity index is 1.57. The van der Waals surface area contributed by atoms with E-state index in [1.165, 1.54) is 22.3 Å². The van der Waals surface area contributed by atoms with Crippen LogP contribution in [-0.4, -0.2) is 0 Å². The number of ether oxygens (including phenoxy) is 1. The zero-order valence-electron chi connectivity index (χ0n) is 12.6. The van der Waals surface area contributed by atoms with Gasteiger partial charge >= 0.3 is 0 Å². The molecule has 3 aromatic rings. The van der Waals surface area contributed by atoms with Gasteiger partial charge in [-0.05, 0) is 28.7 Å². The highest BCUT2D eigenvalue weighted by Crippen LogP contribution is 2.13. The molecule has 3 aromatic carbocycles. The number of rotatable bonds is 6. The second-order valence-electron chi connectivity index (χ2n) is 5.46. The largest absolute Gasteiger partial charge is 0.372 e. The molecule has 0 heterocycles. The molecular formula is C21H20O. The maximum absolute atomic E-state index is 5.81. The summed E-state index contributed by atoms with van der Waals surface area (Å²) in [6.45, 7) is 1.31. The van der Waals surface area contributed by atoms with E-state index in [4.69, 9.17) is 4.74 Å². The van der Waals surface area contributed by atoms with Gasteiger partial charge in [0.25, 0.3) is 0 Å². The Kier molecular flexibility index (Phi) is 5.01. The lowest BCUT2D eigenvalue weighted by atomic mass is 10.0. The highest BCUT2D eigenvalue weighted by molar-refractivity contribution is 5.29. The van der Waals surface area contributed by atoms with Crippen LogP contribution >= 0.6 is 0 Å². The van der Waals surface area contributed by atoms with Gasteiger partial charge in [0.05, 0.1) is 13.2 Å². The van der Waals surface area contributed by atoms with E-state index < -0.39 is 0 Å². The molecule has 0 amide bonds. The Labute approximate surface area is 132 Å². The predicted octanol–water partition coefficient (Wildman–Crippen LogP) is 4.99. The summed E-state index contributed by atoms with van der Waals surface area (Å²) >= 11 is 0. The third kappa shape index (κ3) is 4.31. The van der Waals surface area contributed by atoms with Gasteiger partial charge in [0.15, 0.2) is 0 Å². The summed E-state index contributed by atoms with van der Waals surface area (Å²) in [5, 5.41) is 0. The zero-order valence-corrected chi connectivity index (χ0v) is 12.6. The molecule has 1 heteroatoms. The molecule has 0 N–H and O–H groups in total. The highest BCUT2D eigenvalue weighted by atomic mass is 16.5. The van der Waals surface area contributed by atoms with Crippen LogP contribution in [0.4, 0.5) is 0 Å². The fourth-order valence-electron chi connectivity index (χ4n) is 2.52. The first-order chi connectivity index (χ1) is 10.9. The van der Waals surface area contributed by atoms with E-state index in [1.807, 2.05) is 18.2 Å². The summed E-state index contributed by atoms with van der Waals surface area (Å²) in [6, 6.07) is 29.5. The van der Waals surface area contributed by atoms with E-state index in [1.54, 1.807) is 0 Å². The lowest BCUT2D eigenvalue weighted by Crippen LogP contribution is -1.95. The fourth-order valence-corrected chi connectivity index (χ4v) is 2.52.